The molecule has 0 spiro atoms. The van der Waals surface area contributed by atoms with Gasteiger partial charge < -0.3 is 41.3 Å². The zero-order valence-corrected chi connectivity index (χ0v) is 31.1. The van der Waals surface area contributed by atoms with Crippen LogP contribution in [-0.2, 0) is 45.3 Å². The van der Waals surface area contributed by atoms with Crippen molar-refractivity contribution in [3.63, 3.8) is 0 Å². The molecule has 2 saturated heterocycles. The number of nitrogens with two attached hydrogens (primary N) is 1. The number of carbonyl (C=O) groups excluding carboxylic acids is 5. The second kappa shape index (κ2) is 16.4. The first-order valence-corrected chi connectivity index (χ1v) is 19.6. The van der Waals surface area contributed by atoms with Crippen LogP contribution in [0.25, 0.3) is 0 Å². The monoisotopic (exact) mass is 841 g/mol. The first-order chi connectivity index (χ1) is 26.3. The number of β-lactam (4-membered cyclic amide) rings is 1. The number of anilines is 1. The van der Waals surface area contributed by atoms with Crippen LogP contribution in [0.4, 0.5) is 20.1 Å². The summed E-state index contributed by atoms with van der Waals surface area (Å²) in [7, 11) is -4.06. The lowest BCUT2D eigenvalue weighted by Gasteiger charge is -2.53. The number of aliphatic carboxylic acids is 3. The van der Waals surface area contributed by atoms with Gasteiger partial charge in [-0.2, -0.15) is 0 Å². The van der Waals surface area contributed by atoms with Crippen molar-refractivity contribution in [1.82, 2.24) is 44.9 Å². The lowest BCUT2D eigenvalue weighted by Crippen LogP contribution is -2.82. The zero-order valence-electron chi connectivity index (χ0n) is 28.6. The smallest absolute Gasteiger partial charge is 0.411 e. The van der Waals surface area contributed by atoms with Crippen LogP contribution in [0.1, 0.15) is 11.6 Å². The van der Waals surface area contributed by atoms with Gasteiger partial charge in [0.05, 0.1) is 19.3 Å². The van der Waals surface area contributed by atoms with Crippen LogP contribution in [0.15, 0.2) is 41.2 Å². The molecule has 5 rings (SSSR count). The number of urea groups is 2. The Bertz CT molecular complexity index is 2110. The van der Waals surface area contributed by atoms with Crippen molar-refractivity contribution in [2.24, 2.45) is 5.73 Å². The second-order valence-corrected chi connectivity index (χ2v) is 15.9. The van der Waals surface area contributed by atoms with E-state index in [2.05, 4.69) is 31.5 Å². The molecule has 0 bridgehead atoms. The lowest BCUT2D eigenvalue weighted by molar-refractivity contribution is -0.170. The highest BCUT2D eigenvalue weighted by molar-refractivity contribution is 8.01. The topological polar surface area (TPSA) is 356 Å². The summed E-state index contributed by atoms with van der Waals surface area (Å²) in [6.45, 7) is -1.93. The third-order valence-corrected chi connectivity index (χ3v) is 11.8. The summed E-state index contributed by atoms with van der Waals surface area (Å²) in [4.78, 5) is 102. The van der Waals surface area contributed by atoms with Crippen LogP contribution >= 0.6 is 23.5 Å². The molecule has 0 unspecified atom stereocenters. The molecular formula is C28H31N11O14S3. The third kappa shape index (κ3) is 8.61. The van der Waals surface area contributed by atoms with Crippen molar-refractivity contribution in [3.8, 4) is 0 Å². The lowest BCUT2D eigenvalue weighted by atomic mass is 9.87. The Morgan fingerprint density at radius 2 is 1.80 bits per heavy atom. The number of thioether (sulfide) groups is 2. The number of carbonyl (C=O) groups is 8. The van der Waals surface area contributed by atoms with Crippen molar-refractivity contribution in [1.29, 1.82) is 0 Å². The molecule has 1 aromatic heterocycles. The Labute approximate surface area is 322 Å². The van der Waals surface area contributed by atoms with Gasteiger partial charge >= 0.3 is 36.1 Å². The average Bonchev–Trinajstić information content (AvgIpc) is 3.76. The fourth-order valence-corrected chi connectivity index (χ4v) is 8.51. The SMILES string of the molecule is CS(=O)(=O)N1CCN(C(=O)N[C@@H](C(=O)N[C@]2(C(=O)O)C(=O)N3C=C(CSc4nnnn4CC(=O)O)CS[C@H]32)c2ccc(NC(=O)OC[C@@H](N)C(=O)O)cc2)C1=O. The molecule has 3 aliphatic heterocycles. The Morgan fingerprint density at radius 3 is 2.41 bits per heavy atom. The highest BCUT2D eigenvalue weighted by Crippen LogP contribution is 2.44. The average molecular weight is 842 g/mol. The van der Waals surface area contributed by atoms with E-state index in [1.54, 1.807) is 0 Å². The third-order valence-electron chi connectivity index (χ3n) is 8.12. The molecule has 4 heterocycles. The number of ether oxygens (including phenoxy) is 1. The van der Waals surface area contributed by atoms with Gasteiger partial charge in [0, 0.05) is 23.4 Å². The first-order valence-electron chi connectivity index (χ1n) is 15.8. The Morgan fingerprint density at radius 1 is 1.11 bits per heavy atom. The molecule has 1 aromatic carbocycles. The number of hydrogen-bond acceptors (Lipinski definition) is 17. The maximum atomic E-state index is 14.0. The molecule has 2 fully saturated rings. The van der Waals surface area contributed by atoms with Gasteiger partial charge in [-0.1, -0.05) is 23.9 Å². The van der Waals surface area contributed by atoms with Gasteiger partial charge in [-0.15, -0.1) is 16.9 Å². The number of benzene rings is 1. The molecule has 2 aromatic rings. The van der Waals surface area contributed by atoms with Gasteiger partial charge in [-0.25, -0.2) is 41.5 Å². The fourth-order valence-electron chi connectivity index (χ4n) is 5.37. The number of aromatic nitrogens is 4. The van der Waals surface area contributed by atoms with Gasteiger partial charge in [-0.05, 0) is 33.7 Å². The molecule has 4 atom stereocenters. The minimum atomic E-state index is -4.06. The molecule has 0 saturated carbocycles. The molecule has 0 aliphatic carbocycles. The molecule has 28 heteroatoms. The van der Waals surface area contributed by atoms with Crippen molar-refractivity contribution < 1.29 is 66.8 Å². The number of imide groups is 1. The number of hydrogen-bond donors (Lipinski definition) is 7. The van der Waals surface area contributed by atoms with E-state index in [-0.39, 0.29) is 34.5 Å². The largest absolute Gasteiger partial charge is 0.480 e. The standard InChI is InChI=1S/C28H31N11O14S3/c1-56(51,52)39-7-6-36(27(39)50)24(48)31-18(14-2-4-15(5-3-14)30-26(49)53-10-16(29)20(43)44)19(42)32-28(23(46)47)21(45)37-8-13(11-54-22(28)37)12-55-25-33-34-35-38(25)9-17(40)41/h2-5,8,16,18,22H,6-7,9-12,29H2,1H3,(H,30,49)(H,31,48)(H,32,42)(H,40,41)(H,43,44)(H,46,47)/t16-,18-,22+,28-/m1/s1. The maximum absolute atomic E-state index is 14.0. The van der Waals surface area contributed by atoms with Crippen LogP contribution in [0.5, 0.6) is 0 Å². The summed E-state index contributed by atoms with van der Waals surface area (Å²) in [6.07, 6.45) is 1.06. The van der Waals surface area contributed by atoms with Crippen molar-refractivity contribution in [2.45, 2.75) is 34.7 Å². The molecular weight excluding hydrogens is 811 g/mol. The summed E-state index contributed by atoms with van der Waals surface area (Å²) >= 11 is 2.07. The molecule has 8 N–H and O–H groups in total. The van der Waals surface area contributed by atoms with Gasteiger partial charge in [0.25, 0.3) is 5.91 Å². The molecule has 56 heavy (non-hydrogen) atoms. The number of carboxylic acid groups (broad SMARTS) is 3. The Balaban J connectivity index is 1.35. The number of nitrogens with one attached hydrogen (secondary N) is 3. The van der Waals surface area contributed by atoms with E-state index < -0.39 is 101 Å². The summed E-state index contributed by atoms with van der Waals surface area (Å²) in [5, 5.41) is 44.9. The molecule has 0 radical (unpaired) electrons. The van der Waals surface area contributed by atoms with Crippen LogP contribution < -0.4 is 21.7 Å². The van der Waals surface area contributed by atoms with Crippen LogP contribution in [-0.4, -0.2) is 160 Å². The number of tetrazole rings is 1. The van der Waals surface area contributed by atoms with E-state index in [9.17, 15) is 51.9 Å². The number of amides is 7. The number of sulfonamides is 1. The highest BCUT2D eigenvalue weighted by atomic mass is 32.2. The predicted octanol–water partition coefficient (Wildman–Crippen LogP) is -2.30. The summed E-state index contributed by atoms with van der Waals surface area (Å²) in [5.74, 6) is -6.23. The number of carboxylic acids is 3. The van der Waals surface area contributed by atoms with E-state index in [4.69, 9.17) is 20.7 Å². The first kappa shape index (κ1) is 41.2. The van der Waals surface area contributed by atoms with Crippen LogP contribution in [0.3, 0.4) is 0 Å². The molecule has 7 amide bonds. The van der Waals surface area contributed by atoms with Crippen LogP contribution in [0, 0.1) is 0 Å². The second-order valence-electron chi connectivity index (χ2n) is 12.0. The van der Waals surface area contributed by atoms with E-state index in [0.717, 1.165) is 39.4 Å². The maximum Gasteiger partial charge on any atom is 0.411 e. The van der Waals surface area contributed by atoms with Crippen LogP contribution in [0.2, 0.25) is 0 Å². The van der Waals surface area contributed by atoms with E-state index in [1.165, 1.54) is 30.5 Å². The van der Waals surface area contributed by atoms with Gasteiger partial charge in [0.1, 0.15) is 30.6 Å². The molecule has 25 nitrogen and oxygen atoms in total. The molecule has 300 valence electrons. The summed E-state index contributed by atoms with van der Waals surface area (Å²) < 4.78 is 30.3. The Hall–Kier alpha value is -6.00. The van der Waals surface area contributed by atoms with Gasteiger partial charge in [-0.3, -0.25) is 24.5 Å². The van der Waals surface area contributed by atoms with Crippen molar-refractivity contribution in [2.75, 3.05) is 42.8 Å². The summed E-state index contributed by atoms with van der Waals surface area (Å²) in [6, 6.07) is -0.857. The fraction of sp³-hybridized carbons (Fsp3) is 0.393. The minimum Gasteiger partial charge on any atom is -0.480 e. The number of nitrogens with zero attached hydrogens (tertiary/aromatic N) is 7. The van der Waals surface area contributed by atoms with Crippen molar-refractivity contribution >= 4 is 87.1 Å². The van der Waals surface area contributed by atoms with Gasteiger partial charge in [0.2, 0.25) is 26.6 Å². The number of fused-ring (bicyclic) bond motifs is 1. The molecule has 3 aliphatic rings. The highest BCUT2D eigenvalue weighted by Gasteiger charge is 2.68. The number of rotatable bonds is 15. The quantitative estimate of drug-likeness (QED) is 0.0563. The van der Waals surface area contributed by atoms with Crippen molar-refractivity contribution in [3.05, 3.63) is 41.6 Å². The van der Waals surface area contributed by atoms with Gasteiger partial charge in [0.15, 0.2) is 0 Å². The normalized spacial score (nSPS) is 20.2. The predicted molar refractivity (Wildman–Crippen MR) is 188 cm³/mol. The minimum absolute atomic E-state index is 0.0520. The van der Waals surface area contributed by atoms with E-state index in [1.807, 2.05) is 0 Å². The Kier molecular flexibility index (Phi) is 12.0. The summed E-state index contributed by atoms with van der Waals surface area (Å²) in [5.41, 5.74) is 3.39. The van der Waals surface area contributed by atoms with E-state index >= 15 is 0 Å². The van der Waals surface area contributed by atoms with E-state index in [0.29, 0.717) is 14.8 Å². The zero-order chi connectivity index (χ0) is 41.1.